The highest BCUT2D eigenvalue weighted by atomic mass is 79.9. The minimum Gasteiger partial charge on any atom is -0.468 e. The zero-order valence-electron chi connectivity index (χ0n) is 11.1. The van der Waals surface area contributed by atoms with E-state index in [9.17, 15) is 9.59 Å². The molecule has 0 spiro atoms. The highest BCUT2D eigenvalue weighted by molar-refractivity contribution is 9.13. The number of ether oxygens (including phenoxy) is 1. The van der Waals surface area contributed by atoms with Crippen molar-refractivity contribution < 1.29 is 14.3 Å². The Kier molecular flexibility index (Phi) is 6.99. The molecule has 0 unspecified atom stereocenters. The highest BCUT2D eigenvalue weighted by Gasteiger charge is 2.26. The van der Waals surface area contributed by atoms with Crippen LogP contribution >= 0.6 is 43.8 Å². The molecule has 21 heavy (non-hydrogen) atoms. The number of carbonyl (C=O) groups excluding carboxylic acids is 2. The topological polar surface area (TPSA) is 94.5 Å². The maximum Gasteiger partial charge on any atom is 0.344 e. The number of methoxy groups -OCH3 is 1. The molecule has 1 aromatic carbocycles. The summed E-state index contributed by atoms with van der Waals surface area (Å²) < 4.78 is 8.78. The maximum atomic E-state index is 12.0. The summed E-state index contributed by atoms with van der Waals surface area (Å²) in [5.74, 6) is 0. The molecule has 0 aliphatic carbocycles. The minimum atomic E-state index is -0.787. The number of imide groups is 1. The lowest BCUT2D eigenvalue weighted by Gasteiger charge is -2.19. The summed E-state index contributed by atoms with van der Waals surface area (Å²) in [7, 11) is 2.55. The van der Waals surface area contributed by atoms with Gasteiger partial charge in [0.25, 0.3) is 0 Å². The number of hydrogen-bond acceptors (Lipinski definition) is 5. The number of benzene rings is 1. The quantitative estimate of drug-likeness (QED) is 0.374. The van der Waals surface area contributed by atoms with Gasteiger partial charge >= 0.3 is 18.1 Å². The number of urea groups is 2. The van der Waals surface area contributed by atoms with Crippen LogP contribution in [0.25, 0.3) is 0 Å². The van der Waals surface area contributed by atoms with Gasteiger partial charge in [-0.1, -0.05) is 0 Å². The van der Waals surface area contributed by atoms with Crippen molar-refractivity contribution in [3.8, 4) is 0 Å². The molecule has 1 aromatic rings. The molecule has 0 saturated carbocycles. The first-order valence-corrected chi connectivity index (χ1v) is 7.87. The van der Waals surface area contributed by atoms with Gasteiger partial charge in [-0.3, -0.25) is 10.1 Å². The fourth-order valence-corrected chi connectivity index (χ4v) is 2.55. The van der Waals surface area contributed by atoms with E-state index in [1.807, 2.05) is 6.07 Å². The first-order chi connectivity index (χ1) is 9.90. The molecule has 0 saturated heterocycles. The summed E-state index contributed by atoms with van der Waals surface area (Å²) in [5, 5.41) is 9.72. The monoisotopic (exact) mass is 438 g/mol. The van der Waals surface area contributed by atoms with E-state index >= 15 is 0 Å². The van der Waals surface area contributed by atoms with Gasteiger partial charge in [0.2, 0.25) is 0 Å². The molecule has 3 N–H and O–H groups in total. The average Bonchev–Trinajstić information content (AvgIpc) is 2.48. The summed E-state index contributed by atoms with van der Waals surface area (Å²) >= 11 is 7.70. The van der Waals surface area contributed by atoms with Crippen molar-refractivity contribution in [1.29, 1.82) is 5.41 Å². The zero-order chi connectivity index (χ0) is 16.0. The van der Waals surface area contributed by atoms with Gasteiger partial charge in [0.05, 0.1) is 7.11 Å². The first-order valence-electron chi connectivity index (χ1n) is 5.47. The van der Waals surface area contributed by atoms with Crippen molar-refractivity contribution in [2.24, 2.45) is 0 Å². The van der Waals surface area contributed by atoms with E-state index in [0.29, 0.717) is 4.90 Å². The van der Waals surface area contributed by atoms with E-state index < -0.39 is 18.1 Å². The van der Waals surface area contributed by atoms with E-state index in [-0.39, 0.29) is 0 Å². The molecule has 7 nitrogen and oxygen atoms in total. The lowest BCUT2D eigenvalue weighted by atomic mass is 10.4. The zero-order valence-corrected chi connectivity index (χ0v) is 15.1. The van der Waals surface area contributed by atoms with Gasteiger partial charge in [0.15, 0.2) is 0 Å². The predicted octanol–water partition coefficient (Wildman–Crippen LogP) is 3.15. The average molecular weight is 440 g/mol. The summed E-state index contributed by atoms with van der Waals surface area (Å²) in [5.41, 5.74) is 0. The summed E-state index contributed by atoms with van der Waals surface area (Å²) in [4.78, 5) is 24.8. The molecule has 4 amide bonds. The predicted molar refractivity (Wildman–Crippen MR) is 87.3 cm³/mol. The Labute approximate surface area is 142 Å². The van der Waals surface area contributed by atoms with Crippen molar-refractivity contribution in [3.05, 3.63) is 27.1 Å². The van der Waals surface area contributed by atoms with Gasteiger partial charge in [-0.25, -0.2) is 9.59 Å². The van der Waals surface area contributed by atoms with Crippen LogP contribution in [0, 0.1) is 5.41 Å². The van der Waals surface area contributed by atoms with Crippen LogP contribution in [0.1, 0.15) is 0 Å². The summed E-state index contributed by atoms with van der Waals surface area (Å²) in [6.45, 7) is 0. The number of nitrogens with zero attached hydrogens (tertiary/aromatic N) is 1. The van der Waals surface area contributed by atoms with E-state index in [2.05, 4.69) is 46.6 Å². The van der Waals surface area contributed by atoms with Crippen molar-refractivity contribution in [2.75, 3.05) is 14.2 Å². The molecular formula is C11H12Br2N4O3S. The van der Waals surface area contributed by atoms with Crippen LogP contribution in [-0.4, -0.2) is 37.1 Å². The fraction of sp³-hybridized carbons (Fsp3) is 0.182. The Morgan fingerprint density at radius 2 is 1.95 bits per heavy atom. The number of carbonyl (C=O) groups is 2. The standard InChI is InChI=1S/C11H12Br2N4O3S/c1-15-10(18)17(9(14)20-2)11(19)16-21-6-3-4-7(12)8(13)5-6/h3-5,14H,1-2H3,(H,15,18)(H,16,19). The molecule has 0 atom stereocenters. The van der Waals surface area contributed by atoms with Crippen molar-refractivity contribution in [2.45, 2.75) is 4.90 Å². The van der Waals surface area contributed by atoms with Crippen LogP contribution in [0.5, 0.6) is 0 Å². The third kappa shape index (κ3) is 4.90. The Morgan fingerprint density at radius 1 is 1.29 bits per heavy atom. The summed E-state index contributed by atoms with van der Waals surface area (Å²) in [6.07, 6.45) is 0. The Morgan fingerprint density at radius 3 is 2.48 bits per heavy atom. The lowest BCUT2D eigenvalue weighted by Crippen LogP contribution is -2.49. The number of halogens is 2. The Hall–Kier alpha value is -1.26. The molecule has 0 aliphatic heterocycles. The third-order valence-corrected chi connectivity index (χ3v) is 4.81. The van der Waals surface area contributed by atoms with Crippen LogP contribution in [0.3, 0.4) is 0 Å². The normalized spacial score (nSPS) is 9.71. The molecule has 0 aliphatic rings. The van der Waals surface area contributed by atoms with Gasteiger partial charge in [0.1, 0.15) is 0 Å². The molecular weight excluding hydrogens is 428 g/mol. The van der Waals surface area contributed by atoms with Gasteiger partial charge < -0.3 is 10.1 Å². The molecule has 0 bridgehead atoms. The van der Waals surface area contributed by atoms with Crippen LogP contribution in [-0.2, 0) is 4.74 Å². The number of amides is 4. The van der Waals surface area contributed by atoms with Gasteiger partial charge in [-0.2, -0.15) is 4.90 Å². The van der Waals surface area contributed by atoms with Crippen molar-refractivity contribution >= 4 is 61.9 Å². The smallest absolute Gasteiger partial charge is 0.344 e. The number of hydrogen-bond donors (Lipinski definition) is 3. The second-order valence-electron chi connectivity index (χ2n) is 3.49. The fourth-order valence-electron chi connectivity index (χ4n) is 1.17. The number of amidine groups is 1. The number of rotatable bonds is 2. The lowest BCUT2D eigenvalue weighted by molar-refractivity contribution is 0.199. The van der Waals surface area contributed by atoms with Crippen LogP contribution in [0.4, 0.5) is 9.59 Å². The van der Waals surface area contributed by atoms with Gasteiger partial charge in [0, 0.05) is 20.9 Å². The van der Waals surface area contributed by atoms with E-state index in [1.165, 1.54) is 14.2 Å². The van der Waals surface area contributed by atoms with Crippen LogP contribution < -0.4 is 10.0 Å². The van der Waals surface area contributed by atoms with E-state index in [4.69, 9.17) is 5.41 Å². The second-order valence-corrected chi connectivity index (χ2v) is 6.07. The third-order valence-electron chi connectivity index (χ3n) is 2.16. The Balaban J connectivity index is 2.75. The molecule has 0 aromatic heterocycles. The molecule has 1 rings (SSSR count). The van der Waals surface area contributed by atoms with Gasteiger partial charge in [-0.15, -0.1) is 0 Å². The SMILES string of the molecule is CNC(=O)N(C(=N)OC)C(=O)NSc1ccc(Br)c(Br)c1. The van der Waals surface area contributed by atoms with Crippen molar-refractivity contribution in [3.63, 3.8) is 0 Å². The molecule has 0 fully saturated rings. The van der Waals surface area contributed by atoms with Crippen LogP contribution in [0.15, 0.2) is 32.0 Å². The highest BCUT2D eigenvalue weighted by Crippen LogP contribution is 2.27. The molecule has 0 heterocycles. The molecule has 10 heteroatoms. The molecule has 114 valence electrons. The minimum absolute atomic E-state index is 0.543. The Bertz CT molecular complexity index is 554. The summed E-state index contributed by atoms with van der Waals surface area (Å²) in [6, 6.07) is 3.25. The van der Waals surface area contributed by atoms with E-state index in [1.54, 1.807) is 12.1 Å². The number of nitrogens with one attached hydrogen (secondary N) is 3. The maximum absolute atomic E-state index is 12.0. The van der Waals surface area contributed by atoms with Gasteiger partial charge in [-0.05, 0) is 62.0 Å². The second kappa shape index (κ2) is 8.25. The van der Waals surface area contributed by atoms with E-state index in [0.717, 1.165) is 25.8 Å². The van der Waals surface area contributed by atoms with Crippen LogP contribution in [0.2, 0.25) is 0 Å². The van der Waals surface area contributed by atoms with Crippen molar-refractivity contribution in [1.82, 2.24) is 14.9 Å². The molecule has 0 radical (unpaired) electrons. The largest absolute Gasteiger partial charge is 0.468 e. The first kappa shape index (κ1) is 17.8.